The largest absolute Gasteiger partial charge is 0.0645 e. The standard InChI is InChI=1S/C16H18/c1-3-16(2)11-10-13-7-4-6-12-8-5-9-14(16)15(12)13/h4-9H,3,10-11H2,1-2H3. The van der Waals surface area contributed by atoms with Crippen LogP contribution in [0.1, 0.15) is 37.8 Å². The van der Waals surface area contributed by atoms with Gasteiger partial charge in [0, 0.05) is 0 Å². The molecule has 0 radical (unpaired) electrons. The van der Waals surface area contributed by atoms with E-state index in [0.717, 1.165) is 0 Å². The van der Waals surface area contributed by atoms with Crippen LogP contribution in [0.2, 0.25) is 0 Å². The summed E-state index contributed by atoms with van der Waals surface area (Å²) in [7, 11) is 0. The molecule has 2 aromatic carbocycles. The lowest BCUT2D eigenvalue weighted by Crippen LogP contribution is -2.25. The van der Waals surface area contributed by atoms with Gasteiger partial charge in [-0.15, -0.1) is 0 Å². The van der Waals surface area contributed by atoms with E-state index in [0.29, 0.717) is 5.41 Å². The molecule has 0 heteroatoms. The van der Waals surface area contributed by atoms with Crippen molar-refractivity contribution in [3.8, 4) is 0 Å². The monoisotopic (exact) mass is 210 g/mol. The summed E-state index contributed by atoms with van der Waals surface area (Å²) in [6.07, 6.45) is 3.76. The van der Waals surface area contributed by atoms with Gasteiger partial charge in [-0.3, -0.25) is 0 Å². The molecular weight excluding hydrogens is 192 g/mol. The van der Waals surface area contributed by atoms with Gasteiger partial charge >= 0.3 is 0 Å². The van der Waals surface area contributed by atoms with E-state index in [2.05, 4.69) is 50.2 Å². The molecule has 0 nitrogen and oxygen atoms in total. The summed E-state index contributed by atoms with van der Waals surface area (Å²) in [5.74, 6) is 0. The molecule has 0 fully saturated rings. The Hall–Kier alpha value is -1.30. The minimum Gasteiger partial charge on any atom is -0.0645 e. The van der Waals surface area contributed by atoms with Crippen molar-refractivity contribution in [3.05, 3.63) is 47.5 Å². The Morgan fingerprint density at radius 3 is 2.62 bits per heavy atom. The molecule has 0 saturated heterocycles. The van der Waals surface area contributed by atoms with E-state index >= 15 is 0 Å². The fraction of sp³-hybridized carbons (Fsp3) is 0.375. The van der Waals surface area contributed by atoms with Crippen molar-refractivity contribution in [1.82, 2.24) is 0 Å². The van der Waals surface area contributed by atoms with Gasteiger partial charge in [0.05, 0.1) is 0 Å². The molecule has 0 N–H and O–H groups in total. The number of hydrogen-bond donors (Lipinski definition) is 0. The summed E-state index contributed by atoms with van der Waals surface area (Å²) in [4.78, 5) is 0. The maximum absolute atomic E-state index is 2.41. The van der Waals surface area contributed by atoms with Crippen LogP contribution in [0, 0.1) is 0 Å². The van der Waals surface area contributed by atoms with Crippen molar-refractivity contribution in [2.75, 3.05) is 0 Å². The summed E-state index contributed by atoms with van der Waals surface area (Å²) >= 11 is 0. The SMILES string of the molecule is CCC1(C)CCc2cccc3cccc1c23. The van der Waals surface area contributed by atoms with Gasteiger partial charge in [0.2, 0.25) is 0 Å². The zero-order valence-electron chi connectivity index (χ0n) is 10.1. The van der Waals surface area contributed by atoms with Gasteiger partial charge in [-0.2, -0.15) is 0 Å². The van der Waals surface area contributed by atoms with Crippen molar-refractivity contribution in [2.24, 2.45) is 0 Å². The predicted molar refractivity (Wildman–Crippen MR) is 69.9 cm³/mol. The van der Waals surface area contributed by atoms with E-state index < -0.39 is 0 Å². The molecule has 0 aliphatic heterocycles. The Morgan fingerprint density at radius 2 is 1.88 bits per heavy atom. The van der Waals surface area contributed by atoms with Crippen LogP contribution in [0.5, 0.6) is 0 Å². The minimum atomic E-state index is 0.383. The van der Waals surface area contributed by atoms with Crippen LogP contribution in [-0.4, -0.2) is 0 Å². The first kappa shape index (κ1) is 9.89. The highest BCUT2D eigenvalue weighted by Gasteiger charge is 2.30. The average Bonchev–Trinajstić information content (AvgIpc) is 2.34. The molecule has 1 aliphatic rings. The molecule has 2 aromatic rings. The van der Waals surface area contributed by atoms with Crippen LogP contribution >= 0.6 is 0 Å². The number of benzene rings is 2. The second kappa shape index (κ2) is 3.35. The molecule has 0 heterocycles. The lowest BCUT2D eigenvalue weighted by molar-refractivity contribution is 0.415. The quantitative estimate of drug-likeness (QED) is 0.652. The normalized spacial score (nSPS) is 23.6. The molecule has 1 atom stereocenters. The molecule has 0 saturated carbocycles. The van der Waals surface area contributed by atoms with Gasteiger partial charge in [-0.1, -0.05) is 50.2 Å². The molecule has 1 unspecified atom stereocenters. The first-order valence-electron chi connectivity index (χ1n) is 6.26. The highest BCUT2D eigenvalue weighted by atomic mass is 14.3. The van der Waals surface area contributed by atoms with Crippen LogP contribution in [0.25, 0.3) is 10.8 Å². The second-order valence-electron chi connectivity index (χ2n) is 5.24. The molecular formula is C16H18. The molecule has 16 heavy (non-hydrogen) atoms. The first-order valence-corrected chi connectivity index (χ1v) is 6.26. The van der Waals surface area contributed by atoms with Crippen molar-refractivity contribution in [1.29, 1.82) is 0 Å². The number of aryl methyl sites for hydroxylation is 1. The third-order valence-electron chi connectivity index (χ3n) is 4.37. The smallest absolute Gasteiger partial charge is 0.00685 e. The Labute approximate surface area is 97.3 Å². The van der Waals surface area contributed by atoms with E-state index in [1.165, 1.54) is 30.0 Å². The van der Waals surface area contributed by atoms with Crippen molar-refractivity contribution < 1.29 is 0 Å². The Kier molecular flexibility index (Phi) is 2.07. The molecule has 1 aliphatic carbocycles. The molecule has 0 amide bonds. The average molecular weight is 210 g/mol. The van der Waals surface area contributed by atoms with Crippen LogP contribution in [0.15, 0.2) is 36.4 Å². The summed E-state index contributed by atoms with van der Waals surface area (Å²) in [6.45, 7) is 4.73. The van der Waals surface area contributed by atoms with E-state index in [1.54, 1.807) is 11.1 Å². The van der Waals surface area contributed by atoms with Crippen molar-refractivity contribution in [2.45, 2.75) is 38.5 Å². The second-order valence-corrected chi connectivity index (χ2v) is 5.24. The molecule has 82 valence electrons. The van der Waals surface area contributed by atoms with Gasteiger partial charge in [-0.05, 0) is 46.6 Å². The third kappa shape index (κ3) is 1.22. The predicted octanol–water partition coefficient (Wildman–Crippen LogP) is 4.45. The zero-order chi connectivity index (χ0) is 11.2. The molecule has 0 bridgehead atoms. The van der Waals surface area contributed by atoms with Gasteiger partial charge in [-0.25, -0.2) is 0 Å². The Bertz CT molecular complexity index is 533. The van der Waals surface area contributed by atoms with E-state index in [9.17, 15) is 0 Å². The summed E-state index contributed by atoms with van der Waals surface area (Å²) in [5.41, 5.74) is 3.49. The zero-order valence-corrected chi connectivity index (χ0v) is 10.1. The number of rotatable bonds is 1. The summed E-state index contributed by atoms with van der Waals surface area (Å²) in [5, 5.41) is 2.94. The fourth-order valence-corrected chi connectivity index (χ4v) is 3.04. The lowest BCUT2D eigenvalue weighted by atomic mass is 9.69. The van der Waals surface area contributed by atoms with Gasteiger partial charge in [0.15, 0.2) is 0 Å². The summed E-state index contributed by atoms with van der Waals surface area (Å²) in [6, 6.07) is 13.5. The van der Waals surface area contributed by atoms with Gasteiger partial charge in [0.1, 0.15) is 0 Å². The first-order chi connectivity index (χ1) is 7.74. The Morgan fingerprint density at radius 1 is 1.12 bits per heavy atom. The van der Waals surface area contributed by atoms with Gasteiger partial charge < -0.3 is 0 Å². The van der Waals surface area contributed by atoms with E-state index in [-0.39, 0.29) is 0 Å². The Balaban J connectivity index is 2.40. The maximum Gasteiger partial charge on any atom is -0.00685 e. The van der Waals surface area contributed by atoms with Crippen molar-refractivity contribution in [3.63, 3.8) is 0 Å². The summed E-state index contributed by atoms with van der Waals surface area (Å²) < 4.78 is 0. The van der Waals surface area contributed by atoms with Crippen molar-refractivity contribution >= 4 is 10.8 Å². The number of hydrogen-bond acceptors (Lipinski definition) is 0. The van der Waals surface area contributed by atoms with E-state index in [1.807, 2.05) is 0 Å². The highest BCUT2D eigenvalue weighted by molar-refractivity contribution is 5.90. The third-order valence-corrected chi connectivity index (χ3v) is 4.37. The van der Waals surface area contributed by atoms with Crippen LogP contribution in [0.3, 0.4) is 0 Å². The van der Waals surface area contributed by atoms with Crippen LogP contribution in [0.4, 0.5) is 0 Å². The minimum absolute atomic E-state index is 0.383. The maximum atomic E-state index is 2.41. The molecule has 0 aromatic heterocycles. The lowest BCUT2D eigenvalue weighted by Gasteiger charge is -2.35. The molecule has 3 rings (SSSR count). The fourth-order valence-electron chi connectivity index (χ4n) is 3.04. The van der Waals surface area contributed by atoms with Gasteiger partial charge in [0.25, 0.3) is 0 Å². The van der Waals surface area contributed by atoms with Crippen LogP contribution < -0.4 is 0 Å². The topological polar surface area (TPSA) is 0 Å². The molecule has 0 spiro atoms. The highest BCUT2D eigenvalue weighted by Crippen LogP contribution is 2.42. The van der Waals surface area contributed by atoms with E-state index in [4.69, 9.17) is 0 Å². The van der Waals surface area contributed by atoms with Crippen LogP contribution in [-0.2, 0) is 11.8 Å².